The van der Waals surface area contributed by atoms with Crippen molar-refractivity contribution >= 4 is 11.8 Å². The minimum Gasteiger partial charge on any atom is -0.325 e. The van der Waals surface area contributed by atoms with Crippen molar-refractivity contribution in [2.24, 2.45) is 5.73 Å². The Morgan fingerprint density at radius 1 is 1.19 bits per heavy atom. The molecule has 1 aliphatic heterocycles. The van der Waals surface area contributed by atoms with E-state index < -0.39 is 0 Å². The van der Waals surface area contributed by atoms with Gasteiger partial charge >= 0.3 is 0 Å². The highest BCUT2D eigenvalue weighted by molar-refractivity contribution is 8.00. The smallest absolute Gasteiger partial charge is 0.0166 e. The second-order valence-electron chi connectivity index (χ2n) is 6.17. The highest BCUT2D eigenvalue weighted by Crippen LogP contribution is 2.34. The van der Waals surface area contributed by atoms with Gasteiger partial charge in [0.25, 0.3) is 0 Å². The fourth-order valence-corrected chi connectivity index (χ4v) is 3.69. The van der Waals surface area contributed by atoms with Crippen LogP contribution in [0.15, 0.2) is 0 Å². The van der Waals surface area contributed by atoms with E-state index in [1.165, 1.54) is 57.5 Å². The molecule has 1 saturated carbocycles. The van der Waals surface area contributed by atoms with Crippen LogP contribution in [0.3, 0.4) is 0 Å². The molecule has 94 valence electrons. The summed E-state index contributed by atoms with van der Waals surface area (Å²) in [5.41, 5.74) is 6.48. The standard InChI is InChI=1S/C13H26N2S/c1-12(2)6-8-15(10-11-16-12)9-7-13(14)4-3-5-13/h3-11,14H2,1-2H3. The molecule has 1 heterocycles. The Balaban J connectivity index is 1.73. The number of hydrogen-bond acceptors (Lipinski definition) is 3. The molecule has 16 heavy (non-hydrogen) atoms. The van der Waals surface area contributed by atoms with Crippen LogP contribution in [-0.4, -0.2) is 40.6 Å². The Bertz CT molecular complexity index is 236. The fourth-order valence-electron chi connectivity index (χ4n) is 2.55. The van der Waals surface area contributed by atoms with E-state index in [0.29, 0.717) is 4.75 Å². The number of hydrogen-bond donors (Lipinski definition) is 1. The van der Waals surface area contributed by atoms with Gasteiger partial charge in [0.05, 0.1) is 0 Å². The highest BCUT2D eigenvalue weighted by Gasteiger charge is 2.33. The predicted molar refractivity (Wildman–Crippen MR) is 73.0 cm³/mol. The molecule has 3 heteroatoms. The number of thioether (sulfide) groups is 1. The van der Waals surface area contributed by atoms with Crippen molar-refractivity contribution < 1.29 is 0 Å². The van der Waals surface area contributed by atoms with Crippen molar-refractivity contribution in [3.63, 3.8) is 0 Å². The number of nitrogens with zero attached hydrogens (tertiary/aromatic N) is 1. The number of nitrogens with two attached hydrogens (primary N) is 1. The van der Waals surface area contributed by atoms with E-state index in [1.54, 1.807) is 0 Å². The van der Waals surface area contributed by atoms with Crippen LogP contribution in [0.4, 0.5) is 0 Å². The van der Waals surface area contributed by atoms with Gasteiger partial charge in [-0.1, -0.05) is 13.8 Å². The Morgan fingerprint density at radius 2 is 1.94 bits per heavy atom. The average molecular weight is 242 g/mol. The second-order valence-corrected chi connectivity index (χ2v) is 7.97. The van der Waals surface area contributed by atoms with Gasteiger partial charge in [-0.05, 0) is 45.2 Å². The normalized spacial score (nSPS) is 29.4. The van der Waals surface area contributed by atoms with Crippen molar-refractivity contribution in [2.45, 2.75) is 56.2 Å². The zero-order chi connectivity index (χ0) is 11.6. The lowest BCUT2D eigenvalue weighted by molar-refractivity contribution is 0.184. The summed E-state index contributed by atoms with van der Waals surface area (Å²) in [6.07, 6.45) is 6.37. The van der Waals surface area contributed by atoms with Crippen LogP contribution in [0.1, 0.15) is 46.0 Å². The summed E-state index contributed by atoms with van der Waals surface area (Å²) in [6.45, 7) is 8.47. The molecule has 1 saturated heterocycles. The van der Waals surface area contributed by atoms with Gasteiger partial charge in [-0.25, -0.2) is 0 Å². The van der Waals surface area contributed by atoms with Crippen molar-refractivity contribution in [3.8, 4) is 0 Å². The van der Waals surface area contributed by atoms with Crippen molar-refractivity contribution in [1.29, 1.82) is 0 Å². The van der Waals surface area contributed by atoms with Gasteiger partial charge in [0.2, 0.25) is 0 Å². The Hall–Kier alpha value is 0.270. The van der Waals surface area contributed by atoms with Gasteiger partial charge in [-0.2, -0.15) is 11.8 Å². The van der Waals surface area contributed by atoms with E-state index in [2.05, 4.69) is 30.5 Å². The first kappa shape index (κ1) is 12.7. The lowest BCUT2D eigenvalue weighted by Crippen LogP contribution is -2.49. The van der Waals surface area contributed by atoms with E-state index in [4.69, 9.17) is 5.73 Å². The van der Waals surface area contributed by atoms with Gasteiger partial charge in [0.1, 0.15) is 0 Å². The SMILES string of the molecule is CC1(C)CCN(CCC2(N)CCC2)CCS1. The van der Waals surface area contributed by atoms with Crippen LogP contribution in [0.2, 0.25) is 0 Å². The third-order valence-electron chi connectivity index (χ3n) is 4.21. The fraction of sp³-hybridized carbons (Fsp3) is 1.00. The molecule has 0 aromatic heterocycles. The quantitative estimate of drug-likeness (QED) is 0.824. The van der Waals surface area contributed by atoms with Gasteiger partial charge in [0.15, 0.2) is 0 Å². The Morgan fingerprint density at radius 3 is 2.56 bits per heavy atom. The molecule has 2 rings (SSSR count). The van der Waals surface area contributed by atoms with E-state index in [1.807, 2.05) is 0 Å². The first-order valence-corrected chi connectivity index (χ1v) is 7.63. The zero-order valence-corrected chi connectivity index (χ0v) is 11.6. The lowest BCUT2D eigenvalue weighted by Gasteiger charge is -2.39. The van der Waals surface area contributed by atoms with Crippen molar-refractivity contribution in [3.05, 3.63) is 0 Å². The van der Waals surface area contributed by atoms with Gasteiger partial charge in [-0.3, -0.25) is 0 Å². The molecule has 2 nitrogen and oxygen atoms in total. The molecule has 0 unspecified atom stereocenters. The molecule has 2 N–H and O–H groups in total. The lowest BCUT2D eigenvalue weighted by atomic mass is 9.75. The summed E-state index contributed by atoms with van der Waals surface area (Å²) in [7, 11) is 0. The van der Waals surface area contributed by atoms with E-state index in [9.17, 15) is 0 Å². The summed E-state index contributed by atoms with van der Waals surface area (Å²) in [5, 5.41) is 0. The summed E-state index contributed by atoms with van der Waals surface area (Å²) < 4.78 is 0.478. The van der Waals surface area contributed by atoms with Crippen LogP contribution >= 0.6 is 11.8 Å². The second kappa shape index (κ2) is 4.87. The molecular formula is C13H26N2S. The summed E-state index contributed by atoms with van der Waals surface area (Å²) in [5.74, 6) is 1.28. The average Bonchev–Trinajstić information content (AvgIpc) is 2.34. The maximum Gasteiger partial charge on any atom is 0.0166 e. The monoisotopic (exact) mass is 242 g/mol. The minimum atomic E-state index is 0.203. The molecular weight excluding hydrogens is 216 g/mol. The number of rotatable bonds is 3. The highest BCUT2D eigenvalue weighted by atomic mass is 32.2. The third kappa shape index (κ3) is 3.38. The summed E-state index contributed by atoms with van der Waals surface area (Å²) >= 11 is 2.13. The molecule has 0 radical (unpaired) electrons. The maximum absolute atomic E-state index is 6.28. The Labute approximate surface area is 104 Å². The first-order chi connectivity index (χ1) is 7.49. The first-order valence-electron chi connectivity index (χ1n) is 6.64. The molecule has 0 aromatic rings. The molecule has 0 bridgehead atoms. The van der Waals surface area contributed by atoms with Crippen LogP contribution in [0, 0.1) is 0 Å². The van der Waals surface area contributed by atoms with E-state index in [0.717, 1.165) is 0 Å². The minimum absolute atomic E-state index is 0.203. The topological polar surface area (TPSA) is 29.3 Å². The summed E-state index contributed by atoms with van der Waals surface area (Å²) in [6, 6.07) is 0. The van der Waals surface area contributed by atoms with Crippen LogP contribution in [0.5, 0.6) is 0 Å². The van der Waals surface area contributed by atoms with E-state index >= 15 is 0 Å². The molecule has 2 fully saturated rings. The molecule has 0 aromatic carbocycles. The molecule has 2 aliphatic rings. The predicted octanol–water partition coefficient (Wildman–Crippen LogP) is 2.48. The molecule has 0 spiro atoms. The van der Waals surface area contributed by atoms with Crippen LogP contribution in [0.25, 0.3) is 0 Å². The van der Waals surface area contributed by atoms with Crippen molar-refractivity contribution in [2.75, 3.05) is 25.4 Å². The van der Waals surface area contributed by atoms with Gasteiger partial charge in [-0.15, -0.1) is 0 Å². The molecule has 1 aliphatic carbocycles. The third-order valence-corrected chi connectivity index (χ3v) is 5.58. The van der Waals surface area contributed by atoms with Gasteiger partial charge in [0, 0.05) is 22.6 Å². The van der Waals surface area contributed by atoms with E-state index in [-0.39, 0.29) is 5.54 Å². The van der Waals surface area contributed by atoms with Crippen LogP contribution < -0.4 is 5.73 Å². The molecule has 0 atom stereocenters. The largest absolute Gasteiger partial charge is 0.325 e. The zero-order valence-electron chi connectivity index (χ0n) is 10.8. The van der Waals surface area contributed by atoms with Crippen molar-refractivity contribution in [1.82, 2.24) is 4.90 Å². The maximum atomic E-state index is 6.28. The Kier molecular flexibility index (Phi) is 3.87. The van der Waals surface area contributed by atoms with Crippen LogP contribution in [-0.2, 0) is 0 Å². The molecule has 0 amide bonds. The van der Waals surface area contributed by atoms with Gasteiger partial charge < -0.3 is 10.6 Å². The summed E-state index contributed by atoms with van der Waals surface area (Å²) in [4.78, 5) is 2.62.